The molecule has 0 aliphatic carbocycles. The molecule has 0 radical (unpaired) electrons. The quantitative estimate of drug-likeness (QED) is 0.266. The first-order valence-electron chi connectivity index (χ1n) is 11.2. The fourth-order valence-corrected chi connectivity index (χ4v) is 4.90. The van der Waals surface area contributed by atoms with Gasteiger partial charge in [0.05, 0.1) is 10.5 Å². The molecule has 0 fully saturated rings. The molecule has 3 aromatic carbocycles. The van der Waals surface area contributed by atoms with Crippen LogP contribution in [-0.2, 0) is 23.1 Å². The van der Waals surface area contributed by atoms with Crippen LogP contribution >= 0.6 is 12.2 Å². The molecule has 2 aromatic heterocycles. The Kier molecular flexibility index (Phi) is 6.32. The predicted octanol–water partition coefficient (Wildman–Crippen LogP) is 6.09. The first kappa shape index (κ1) is 25.6. The Morgan fingerprint density at radius 2 is 1.63 bits per heavy atom. The van der Waals surface area contributed by atoms with E-state index in [0.717, 1.165) is 17.9 Å². The van der Waals surface area contributed by atoms with Gasteiger partial charge in [-0.05, 0) is 53.7 Å². The summed E-state index contributed by atoms with van der Waals surface area (Å²) in [5.41, 5.74) is 1.41. The number of imidazole rings is 1. The number of aromatic amines is 1. The first-order valence-corrected chi connectivity index (χ1v) is 13.5. The molecule has 2 heterocycles. The summed E-state index contributed by atoms with van der Waals surface area (Å²) in [6.45, 7) is 0. The van der Waals surface area contributed by atoms with Gasteiger partial charge in [-0.1, -0.05) is 42.5 Å². The monoisotopic (exact) mass is 555 g/mol. The van der Waals surface area contributed by atoms with Crippen molar-refractivity contribution >= 4 is 22.1 Å². The maximum absolute atomic E-state index is 13.9. The van der Waals surface area contributed by atoms with Crippen molar-refractivity contribution < 1.29 is 21.6 Å². The van der Waals surface area contributed by atoms with Crippen LogP contribution in [0.25, 0.3) is 39.7 Å². The Morgan fingerprint density at radius 3 is 2.26 bits per heavy atom. The van der Waals surface area contributed by atoms with Gasteiger partial charge in [0.1, 0.15) is 11.5 Å². The number of sulfone groups is 1. The molecule has 7 nitrogen and oxygen atoms in total. The molecule has 0 atom stereocenters. The summed E-state index contributed by atoms with van der Waals surface area (Å²) in [6.07, 6.45) is -1.85. The van der Waals surface area contributed by atoms with Crippen molar-refractivity contribution in [1.82, 2.24) is 24.3 Å². The van der Waals surface area contributed by atoms with Gasteiger partial charge in [0, 0.05) is 30.8 Å². The highest BCUT2D eigenvalue weighted by Crippen LogP contribution is 2.38. The molecule has 0 bridgehead atoms. The van der Waals surface area contributed by atoms with Crippen molar-refractivity contribution in [2.75, 3.05) is 6.26 Å². The fourth-order valence-electron chi connectivity index (χ4n) is 4.10. The van der Waals surface area contributed by atoms with Crippen LogP contribution in [0.3, 0.4) is 0 Å². The van der Waals surface area contributed by atoms with Gasteiger partial charge in [-0.2, -0.15) is 18.3 Å². The molecule has 1 N–H and O–H groups in total. The lowest BCUT2D eigenvalue weighted by Crippen LogP contribution is -2.08. The molecule has 0 amide bonds. The average Bonchev–Trinajstić information content (AvgIpc) is 3.46. The molecule has 0 unspecified atom stereocenters. The number of hydrogen-bond donors (Lipinski definition) is 1. The molecule has 0 saturated carbocycles. The number of nitrogens with one attached hydrogen (secondary N) is 1. The van der Waals surface area contributed by atoms with E-state index in [1.807, 2.05) is 0 Å². The van der Waals surface area contributed by atoms with Gasteiger partial charge < -0.3 is 4.57 Å². The molecule has 0 aliphatic rings. The van der Waals surface area contributed by atoms with E-state index >= 15 is 0 Å². The second kappa shape index (κ2) is 9.37. The highest BCUT2D eigenvalue weighted by molar-refractivity contribution is 7.90. The van der Waals surface area contributed by atoms with E-state index in [0.29, 0.717) is 27.5 Å². The van der Waals surface area contributed by atoms with Crippen LogP contribution in [0.4, 0.5) is 13.2 Å². The number of H-pyrrole nitrogens is 1. The second-order valence-electron chi connectivity index (χ2n) is 8.62. The average molecular weight is 556 g/mol. The highest BCUT2D eigenvalue weighted by atomic mass is 32.2. The van der Waals surface area contributed by atoms with Gasteiger partial charge in [-0.15, -0.1) is 0 Å². The zero-order chi connectivity index (χ0) is 27.2. The van der Waals surface area contributed by atoms with Crippen LogP contribution in [0.15, 0.2) is 83.9 Å². The summed E-state index contributed by atoms with van der Waals surface area (Å²) in [5.74, 6) is 0.447. The Morgan fingerprint density at radius 1 is 0.921 bits per heavy atom. The standard InChI is InChI=1S/C26H20F3N5O2S2/c1-33-24(31-32-25(33)37)22-15-34(23(30-22)20-8-3-4-9-21(20)26(27,28)29)18-12-10-16(11-13-18)17-6-5-7-19(14-17)38(2,35)36/h3-15H,1-2H3,(H,32,37). The molecule has 0 spiro atoms. The maximum atomic E-state index is 13.9. The zero-order valence-electron chi connectivity index (χ0n) is 20.1. The smallest absolute Gasteiger partial charge is 0.302 e. The topological polar surface area (TPSA) is 85.6 Å². The SMILES string of the molecule is Cn1c(-c2cn(-c3ccc(-c4cccc(S(C)(=O)=O)c4)cc3)c(-c3ccccc3C(F)(F)F)n2)n[nH]c1=S. The van der Waals surface area contributed by atoms with Crippen LogP contribution in [0.2, 0.25) is 0 Å². The van der Waals surface area contributed by atoms with E-state index < -0.39 is 21.6 Å². The van der Waals surface area contributed by atoms with Crippen LogP contribution in [-0.4, -0.2) is 39.0 Å². The lowest BCUT2D eigenvalue weighted by Gasteiger charge is -2.14. The normalized spacial score (nSPS) is 12.1. The summed E-state index contributed by atoms with van der Waals surface area (Å²) in [6, 6.07) is 18.8. The number of aromatic nitrogens is 5. The maximum Gasteiger partial charge on any atom is 0.417 e. The largest absolute Gasteiger partial charge is 0.417 e. The summed E-state index contributed by atoms with van der Waals surface area (Å²) < 4.78 is 69.1. The lowest BCUT2D eigenvalue weighted by atomic mass is 10.0. The van der Waals surface area contributed by atoms with E-state index in [1.54, 1.807) is 64.8 Å². The second-order valence-corrected chi connectivity index (χ2v) is 11.0. The number of alkyl halides is 3. The van der Waals surface area contributed by atoms with Crippen molar-refractivity contribution in [3.8, 4) is 39.7 Å². The molecule has 5 aromatic rings. The Hall–Kier alpha value is -4.03. The fraction of sp³-hybridized carbons (Fsp3) is 0.115. The summed E-state index contributed by atoms with van der Waals surface area (Å²) >= 11 is 5.19. The lowest BCUT2D eigenvalue weighted by molar-refractivity contribution is -0.137. The number of rotatable bonds is 5. The number of hydrogen-bond acceptors (Lipinski definition) is 5. The van der Waals surface area contributed by atoms with Crippen molar-refractivity contribution in [2.45, 2.75) is 11.1 Å². The minimum Gasteiger partial charge on any atom is -0.302 e. The minimum atomic E-state index is -4.59. The van der Waals surface area contributed by atoms with Gasteiger partial charge in [-0.25, -0.2) is 13.4 Å². The molecular formula is C26H20F3N5O2S2. The van der Waals surface area contributed by atoms with Crippen LogP contribution in [0.1, 0.15) is 5.56 Å². The van der Waals surface area contributed by atoms with Gasteiger partial charge in [0.15, 0.2) is 20.4 Å². The highest BCUT2D eigenvalue weighted by Gasteiger charge is 2.35. The van der Waals surface area contributed by atoms with E-state index in [-0.39, 0.29) is 16.3 Å². The molecule has 38 heavy (non-hydrogen) atoms. The van der Waals surface area contributed by atoms with Crippen molar-refractivity contribution in [3.63, 3.8) is 0 Å². The molecule has 0 aliphatic heterocycles. The van der Waals surface area contributed by atoms with E-state index in [9.17, 15) is 21.6 Å². The first-order chi connectivity index (χ1) is 17.9. The van der Waals surface area contributed by atoms with Gasteiger partial charge >= 0.3 is 6.18 Å². The Bertz CT molecular complexity index is 1820. The number of benzene rings is 3. The molecular weight excluding hydrogens is 535 g/mol. The molecule has 0 saturated heterocycles. The third-order valence-corrected chi connectivity index (χ3v) is 7.50. The third kappa shape index (κ3) is 4.79. The van der Waals surface area contributed by atoms with Crippen molar-refractivity contribution in [3.05, 3.63) is 89.3 Å². The zero-order valence-corrected chi connectivity index (χ0v) is 21.7. The van der Waals surface area contributed by atoms with Gasteiger partial charge in [0.25, 0.3) is 0 Å². The summed E-state index contributed by atoms with van der Waals surface area (Å²) in [5, 5.41) is 6.84. The Balaban J connectivity index is 1.66. The molecule has 194 valence electrons. The summed E-state index contributed by atoms with van der Waals surface area (Å²) in [4.78, 5) is 4.73. The van der Waals surface area contributed by atoms with Crippen LogP contribution in [0, 0.1) is 4.77 Å². The Labute approximate surface area is 221 Å². The summed E-state index contributed by atoms with van der Waals surface area (Å²) in [7, 11) is -1.70. The van der Waals surface area contributed by atoms with E-state index in [4.69, 9.17) is 12.2 Å². The molecule has 12 heteroatoms. The van der Waals surface area contributed by atoms with Crippen molar-refractivity contribution in [2.24, 2.45) is 7.05 Å². The van der Waals surface area contributed by atoms with Gasteiger partial charge in [0.2, 0.25) is 0 Å². The van der Waals surface area contributed by atoms with Crippen molar-refractivity contribution in [1.29, 1.82) is 0 Å². The predicted molar refractivity (Wildman–Crippen MR) is 140 cm³/mol. The minimum absolute atomic E-state index is 0.0775. The van der Waals surface area contributed by atoms with E-state index in [2.05, 4.69) is 15.2 Å². The van der Waals surface area contributed by atoms with E-state index in [1.165, 1.54) is 24.3 Å². The van der Waals surface area contributed by atoms with Gasteiger partial charge in [-0.3, -0.25) is 9.67 Å². The van der Waals surface area contributed by atoms with Crippen LogP contribution < -0.4 is 0 Å². The molecule has 5 rings (SSSR count). The number of nitrogens with zero attached hydrogens (tertiary/aromatic N) is 4. The third-order valence-electron chi connectivity index (χ3n) is 6.03. The van der Waals surface area contributed by atoms with Crippen LogP contribution in [0.5, 0.6) is 0 Å². The number of halogens is 3.